The second-order valence-corrected chi connectivity index (χ2v) is 5.96. The molecule has 2 rings (SSSR count). The summed E-state index contributed by atoms with van der Waals surface area (Å²) < 4.78 is 43.6. The van der Waals surface area contributed by atoms with Crippen molar-refractivity contribution in [2.75, 3.05) is 13.7 Å². The lowest BCUT2D eigenvalue weighted by Gasteiger charge is -2.19. The van der Waals surface area contributed by atoms with Crippen LogP contribution in [0.4, 0.5) is 13.2 Å². The van der Waals surface area contributed by atoms with Gasteiger partial charge in [-0.3, -0.25) is 0 Å². The maximum atomic E-state index is 12.7. The maximum Gasteiger partial charge on any atom is 0.416 e. The minimum absolute atomic E-state index is 0.0248. The summed E-state index contributed by atoms with van der Waals surface area (Å²) in [4.78, 5) is 0. The molecule has 0 amide bonds. The van der Waals surface area contributed by atoms with Gasteiger partial charge in [-0.05, 0) is 42.7 Å². The van der Waals surface area contributed by atoms with E-state index < -0.39 is 17.8 Å². The zero-order valence-electron chi connectivity index (χ0n) is 14.2. The fraction of sp³-hybridized carbons (Fsp3) is 0.368. The van der Waals surface area contributed by atoms with E-state index in [9.17, 15) is 18.3 Å². The minimum Gasteiger partial charge on any atom is -0.496 e. The maximum absolute atomic E-state index is 12.7. The van der Waals surface area contributed by atoms with E-state index in [-0.39, 0.29) is 18.2 Å². The number of hydrogen-bond acceptors (Lipinski definition) is 3. The molecule has 25 heavy (non-hydrogen) atoms. The molecule has 3 nitrogen and oxygen atoms in total. The van der Waals surface area contributed by atoms with Gasteiger partial charge in [0.25, 0.3) is 0 Å². The Balaban J connectivity index is 1.94. The number of rotatable bonds is 7. The quantitative estimate of drug-likeness (QED) is 0.791. The van der Waals surface area contributed by atoms with Crippen molar-refractivity contribution in [2.24, 2.45) is 0 Å². The van der Waals surface area contributed by atoms with Gasteiger partial charge in [-0.1, -0.05) is 30.3 Å². The Morgan fingerprint density at radius 1 is 1.12 bits per heavy atom. The van der Waals surface area contributed by atoms with Gasteiger partial charge < -0.3 is 15.2 Å². The van der Waals surface area contributed by atoms with Gasteiger partial charge in [0.05, 0.1) is 18.8 Å². The zero-order chi connectivity index (χ0) is 18.4. The summed E-state index contributed by atoms with van der Waals surface area (Å²) in [6.07, 6.45) is -4.75. The highest BCUT2D eigenvalue weighted by molar-refractivity contribution is 5.33. The molecule has 0 heterocycles. The van der Waals surface area contributed by atoms with Crippen molar-refractivity contribution in [1.82, 2.24) is 5.32 Å². The van der Waals surface area contributed by atoms with Gasteiger partial charge in [-0.2, -0.15) is 13.2 Å². The molecule has 0 unspecified atom stereocenters. The van der Waals surface area contributed by atoms with Gasteiger partial charge in [-0.15, -0.1) is 0 Å². The lowest BCUT2D eigenvalue weighted by molar-refractivity contribution is -0.137. The summed E-state index contributed by atoms with van der Waals surface area (Å²) in [5, 5.41) is 13.3. The predicted molar refractivity (Wildman–Crippen MR) is 90.6 cm³/mol. The van der Waals surface area contributed by atoms with Crippen LogP contribution >= 0.6 is 0 Å². The molecule has 2 aromatic carbocycles. The minimum atomic E-state index is -4.42. The normalized spacial score (nSPS) is 14.2. The third kappa shape index (κ3) is 5.47. The Labute approximate surface area is 145 Å². The van der Waals surface area contributed by atoms with Crippen LogP contribution < -0.4 is 10.1 Å². The Morgan fingerprint density at radius 3 is 2.52 bits per heavy atom. The van der Waals surface area contributed by atoms with Crippen molar-refractivity contribution in [3.05, 3.63) is 65.2 Å². The number of methoxy groups -OCH3 is 1. The highest BCUT2D eigenvalue weighted by Crippen LogP contribution is 2.30. The molecule has 2 N–H and O–H groups in total. The fourth-order valence-electron chi connectivity index (χ4n) is 2.63. The first-order valence-corrected chi connectivity index (χ1v) is 8.01. The van der Waals surface area contributed by atoms with Gasteiger partial charge in [0.15, 0.2) is 0 Å². The number of ether oxygens (including phenoxy) is 1. The summed E-state index contributed by atoms with van der Waals surface area (Å²) in [7, 11) is 1.61. The van der Waals surface area contributed by atoms with E-state index in [1.54, 1.807) is 7.11 Å². The third-order valence-electron chi connectivity index (χ3n) is 3.98. The van der Waals surface area contributed by atoms with Gasteiger partial charge in [0.2, 0.25) is 0 Å². The van der Waals surface area contributed by atoms with Crippen LogP contribution in [0.2, 0.25) is 0 Å². The number of hydrogen-bond donors (Lipinski definition) is 2. The number of nitrogens with one attached hydrogen (secondary N) is 1. The van der Waals surface area contributed by atoms with Crippen LogP contribution in [-0.2, 0) is 12.6 Å². The molecule has 0 aromatic heterocycles. The molecule has 0 fully saturated rings. The average Bonchev–Trinajstić information content (AvgIpc) is 2.59. The van der Waals surface area contributed by atoms with Gasteiger partial charge in [0.1, 0.15) is 5.75 Å². The van der Waals surface area contributed by atoms with E-state index in [0.29, 0.717) is 6.42 Å². The molecular weight excluding hydrogens is 331 g/mol. The molecule has 0 saturated carbocycles. The molecule has 2 atom stereocenters. The Kier molecular flexibility index (Phi) is 6.45. The molecule has 136 valence electrons. The number of alkyl halides is 3. The van der Waals surface area contributed by atoms with Crippen molar-refractivity contribution >= 4 is 0 Å². The topological polar surface area (TPSA) is 41.5 Å². The average molecular weight is 353 g/mol. The number of aliphatic hydroxyl groups excluding tert-OH is 1. The molecule has 0 saturated heterocycles. The number of halogens is 3. The highest BCUT2D eigenvalue weighted by atomic mass is 19.4. The molecule has 0 aliphatic rings. The van der Waals surface area contributed by atoms with Gasteiger partial charge in [-0.25, -0.2) is 0 Å². The van der Waals surface area contributed by atoms with Crippen LogP contribution in [0.15, 0.2) is 48.5 Å². The van der Waals surface area contributed by atoms with E-state index in [1.807, 2.05) is 31.2 Å². The molecular formula is C19H22F3NO2. The molecule has 6 heteroatoms. The number of para-hydroxylation sites is 1. The third-order valence-corrected chi connectivity index (χ3v) is 3.98. The largest absolute Gasteiger partial charge is 0.496 e. The Morgan fingerprint density at radius 2 is 1.84 bits per heavy atom. The SMILES string of the molecule is COc1ccccc1C[C@@H](C)NC[C@H](O)c1cccc(C(F)(F)F)c1. The number of aliphatic hydroxyl groups is 1. The first kappa shape index (κ1) is 19.3. The first-order chi connectivity index (χ1) is 11.8. The summed E-state index contributed by atoms with van der Waals surface area (Å²) in [5.74, 6) is 0.787. The lowest BCUT2D eigenvalue weighted by Crippen LogP contribution is -2.32. The Hall–Kier alpha value is -2.05. The van der Waals surface area contributed by atoms with E-state index in [1.165, 1.54) is 12.1 Å². The summed E-state index contributed by atoms with van der Waals surface area (Å²) in [6.45, 7) is 2.11. The molecule has 2 aromatic rings. The zero-order valence-corrected chi connectivity index (χ0v) is 14.2. The monoisotopic (exact) mass is 353 g/mol. The Bertz CT molecular complexity index is 688. The predicted octanol–water partition coefficient (Wildman–Crippen LogP) is 3.97. The van der Waals surface area contributed by atoms with Crippen LogP contribution in [-0.4, -0.2) is 24.8 Å². The molecule has 0 spiro atoms. The van der Waals surface area contributed by atoms with E-state index in [2.05, 4.69) is 5.32 Å². The highest BCUT2D eigenvalue weighted by Gasteiger charge is 2.30. The molecule has 0 aliphatic heterocycles. The van der Waals surface area contributed by atoms with Crippen LogP contribution in [0.25, 0.3) is 0 Å². The van der Waals surface area contributed by atoms with Crippen LogP contribution in [0.3, 0.4) is 0 Å². The summed E-state index contributed by atoms with van der Waals surface area (Å²) in [5.41, 5.74) is 0.511. The van der Waals surface area contributed by atoms with Crippen molar-refractivity contribution < 1.29 is 23.0 Å². The summed E-state index contributed by atoms with van der Waals surface area (Å²) in [6, 6.07) is 12.4. The first-order valence-electron chi connectivity index (χ1n) is 8.01. The van der Waals surface area contributed by atoms with Crippen LogP contribution in [0.5, 0.6) is 5.75 Å². The van der Waals surface area contributed by atoms with Gasteiger partial charge >= 0.3 is 6.18 Å². The van der Waals surface area contributed by atoms with E-state index >= 15 is 0 Å². The van der Waals surface area contributed by atoms with Crippen LogP contribution in [0.1, 0.15) is 29.7 Å². The van der Waals surface area contributed by atoms with Crippen molar-refractivity contribution in [3.63, 3.8) is 0 Å². The molecule has 0 radical (unpaired) electrons. The van der Waals surface area contributed by atoms with E-state index in [0.717, 1.165) is 23.4 Å². The smallest absolute Gasteiger partial charge is 0.416 e. The lowest BCUT2D eigenvalue weighted by atomic mass is 10.0. The van der Waals surface area contributed by atoms with Crippen molar-refractivity contribution in [3.8, 4) is 5.75 Å². The fourth-order valence-corrected chi connectivity index (χ4v) is 2.63. The van der Waals surface area contributed by atoms with Gasteiger partial charge in [0, 0.05) is 12.6 Å². The van der Waals surface area contributed by atoms with Crippen molar-refractivity contribution in [2.45, 2.75) is 31.7 Å². The van der Waals surface area contributed by atoms with Crippen molar-refractivity contribution in [1.29, 1.82) is 0 Å². The van der Waals surface area contributed by atoms with E-state index in [4.69, 9.17) is 4.74 Å². The number of benzene rings is 2. The summed E-state index contributed by atoms with van der Waals surface area (Å²) >= 11 is 0. The van der Waals surface area contributed by atoms with Crippen LogP contribution in [0, 0.1) is 0 Å². The standard InChI is InChI=1S/C19H22F3NO2/c1-13(10-15-6-3-4-9-18(15)25-2)23-12-17(24)14-7-5-8-16(11-14)19(20,21)22/h3-9,11,13,17,23-24H,10,12H2,1-2H3/t13-,17+/m1/s1. The second kappa shape index (κ2) is 8.36. The molecule has 0 aliphatic carbocycles. The second-order valence-electron chi connectivity index (χ2n) is 5.96. The molecule has 0 bridgehead atoms.